The molecule has 2 rings (SSSR count). The first-order chi connectivity index (χ1) is 8.16. The van der Waals surface area contributed by atoms with Crippen molar-refractivity contribution in [1.82, 2.24) is 0 Å². The van der Waals surface area contributed by atoms with Gasteiger partial charge in [0.15, 0.2) is 0 Å². The summed E-state index contributed by atoms with van der Waals surface area (Å²) < 4.78 is 6.65. The van der Waals surface area contributed by atoms with Crippen LogP contribution in [0.3, 0.4) is 0 Å². The van der Waals surface area contributed by atoms with Crippen molar-refractivity contribution in [2.24, 2.45) is 0 Å². The third kappa shape index (κ3) is 3.71. The van der Waals surface area contributed by atoms with Crippen LogP contribution in [0.2, 0.25) is 0 Å². The molecule has 4 heteroatoms. The minimum atomic E-state index is -0.413. The Bertz CT molecular complexity index is 376. The Morgan fingerprint density at radius 3 is 3.00 bits per heavy atom. The molecule has 1 N–H and O–H groups in total. The average molecular weight is 317 g/mol. The molecule has 17 heavy (non-hydrogen) atoms. The number of hydrogen-bond acceptors (Lipinski definition) is 3. The first-order valence-corrected chi connectivity index (χ1v) is 7.66. The van der Waals surface area contributed by atoms with Crippen molar-refractivity contribution in [2.45, 2.75) is 36.9 Å². The zero-order chi connectivity index (χ0) is 12.3. The molecule has 1 heterocycles. The molecule has 1 unspecified atom stereocenters. The van der Waals surface area contributed by atoms with Crippen LogP contribution in [0, 0.1) is 0 Å². The molecule has 1 aromatic rings. The minimum absolute atomic E-state index is 0.406. The molecule has 0 saturated carbocycles. The van der Waals surface area contributed by atoms with Gasteiger partial charge in [-0.2, -0.15) is 0 Å². The highest BCUT2D eigenvalue weighted by Gasteiger charge is 2.16. The van der Waals surface area contributed by atoms with Gasteiger partial charge in [-0.25, -0.2) is 0 Å². The fourth-order valence-corrected chi connectivity index (χ4v) is 3.58. The first kappa shape index (κ1) is 13.4. The van der Waals surface area contributed by atoms with Crippen molar-refractivity contribution in [2.75, 3.05) is 12.4 Å². The molecule has 1 aromatic carbocycles. The SMILES string of the molecule is C[C@H](O)c1ccc(SCC2CCCO2)c(Br)c1. The predicted octanol–water partition coefficient (Wildman–Crippen LogP) is 3.77. The number of hydrogen-bond donors (Lipinski definition) is 1. The molecule has 94 valence electrons. The molecule has 0 spiro atoms. The maximum Gasteiger partial charge on any atom is 0.0762 e. The van der Waals surface area contributed by atoms with Crippen molar-refractivity contribution >= 4 is 27.7 Å². The Morgan fingerprint density at radius 1 is 1.59 bits per heavy atom. The van der Waals surface area contributed by atoms with E-state index in [0.717, 1.165) is 22.4 Å². The lowest BCUT2D eigenvalue weighted by Gasteiger charge is -2.11. The second-order valence-electron chi connectivity index (χ2n) is 4.31. The van der Waals surface area contributed by atoms with Gasteiger partial charge >= 0.3 is 0 Å². The molecule has 1 fully saturated rings. The van der Waals surface area contributed by atoms with Crippen molar-refractivity contribution in [3.8, 4) is 0 Å². The van der Waals surface area contributed by atoms with Crippen LogP contribution < -0.4 is 0 Å². The predicted molar refractivity (Wildman–Crippen MR) is 74.5 cm³/mol. The lowest BCUT2D eigenvalue weighted by atomic mass is 10.1. The fourth-order valence-electron chi connectivity index (χ4n) is 1.85. The third-order valence-electron chi connectivity index (χ3n) is 2.89. The summed E-state index contributed by atoms with van der Waals surface area (Å²) in [4.78, 5) is 1.21. The summed E-state index contributed by atoms with van der Waals surface area (Å²) >= 11 is 5.36. The highest BCUT2D eigenvalue weighted by molar-refractivity contribution is 9.10. The van der Waals surface area contributed by atoms with Crippen molar-refractivity contribution in [3.05, 3.63) is 28.2 Å². The van der Waals surface area contributed by atoms with Gasteiger partial charge in [-0.1, -0.05) is 6.07 Å². The number of thioether (sulfide) groups is 1. The summed E-state index contributed by atoms with van der Waals surface area (Å²) in [6, 6.07) is 6.03. The molecule has 0 bridgehead atoms. The molecular formula is C13H17BrO2S. The van der Waals surface area contributed by atoms with Crippen molar-refractivity contribution in [1.29, 1.82) is 0 Å². The monoisotopic (exact) mass is 316 g/mol. The highest BCUT2D eigenvalue weighted by Crippen LogP contribution is 2.32. The van der Waals surface area contributed by atoms with E-state index < -0.39 is 6.10 Å². The molecule has 1 saturated heterocycles. The minimum Gasteiger partial charge on any atom is -0.389 e. The standard InChI is InChI=1S/C13H17BrO2S/c1-9(15)10-4-5-13(12(14)7-10)17-8-11-3-2-6-16-11/h4-5,7,9,11,15H,2-3,6,8H2,1H3/t9-,11?/m0/s1. The van der Waals surface area contributed by atoms with Crippen molar-refractivity contribution < 1.29 is 9.84 Å². The summed E-state index contributed by atoms with van der Waals surface area (Å²) in [5.74, 6) is 1.01. The summed E-state index contributed by atoms with van der Waals surface area (Å²) in [5.41, 5.74) is 0.943. The Hall–Kier alpha value is -0.0300. The van der Waals surface area contributed by atoms with Gasteiger partial charge in [0.05, 0.1) is 12.2 Å². The summed E-state index contributed by atoms with van der Waals surface area (Å²) in [6.07, 6.45) is 2.36. The average Bonchev–Trinajstić information content (AvgIpc) is 2.80. The lowest BCUT2D eigenvalue weighted by molar-refractivity contribution is 0.129. The van der Waals surface area contributed by atoms with E-state index in [9.17, 15) is 5.11 Å². The van der Waals surface area contributed by atoms with Crippen LogP contribution >= 0.6 is 27.7 Å². The Balaban J connectivity index is 1.96. The van der Waals surface area contributed by atoms with Gasteiger partial charge in [-0.15, -0.1) is 11.8 Å². The molecule has 0 radical (unpaired) electrons. The van der Waals surface area contributed by atoms with Crippen LogP contribution in [0.1, 0.15) is 31.4 Å². The molecule has 0 aromatic heterocycles. The van der Waals surface area contributed by atoms with E-state index in [1.165, 1.54) is 17.7 Å². The normalized spacial score (nSPS) is 21.7. The third-order valence-corrected chi connectivity index (χ3v) is 5.01. The second kappa shape index (κ2) is 6.23. The van der Waals surface area contributed by atoms with Crippen LogP contribution in [0.5, 0.6) is 0 Å². The van der Waals surface area contributed by atoms with E-state index >= 15 is 0 Å². The number of halogens is 1. The first-order valence-electron chi connectivity index (χ1n) is 5.88. The largest absolute Gasteiger partial charge is 0.389 e. The molecule has 1 aliphatic heterocycles. The lowest BCUT2D eigenvalue weighted by Crippen LogP contribution is -2.07. The second-order valence-corrected chi connectivity index (χ2v) is 6.23. The van der Waals surface area contributed by atoms with Gasteiger partial charge in [0.1, 0.15) is 0 Å². The van der Waals surface area contributed by atoms with E-state index in [2.05, 4.69) is 22.0 Å². The van der Waals surface area contributed by atoms with E-state index in [0.29, 0.717) is 6.10 Å². The van der Waals surface area contributed by atoms with Crippen LogP contribution in [0.25, 0.3) is 0 Å². The molecule has 1 aliphatic rings. The summed E-state index contributed by atoms with van der Waals surface area (Å²) in [6.45, 7) is 2.69. The van der Waals surface area contributed by atoms with Crippen LogP contribution in [0.4, 0.5) is 0 Å². The van der Waals surface area contributed by atoms with Crippen LogP contribution in [-0.4, -0.2) is 23.6 Å². The van der Waals surface area contributed by atoms with E-state index in [1.54, 1.807) is 6.92 Å². The van der Waals surface area contributed by atoms with Gasteiger partial charge in [-0.05, 0) is 53.4 Å². The van der Waals surface area contributed by atoms with Gasteiger partial charge in [0, 0.05) is 21.7 Å². The zero-order valence-electron chi connectivity index (χ0n) is 9.86. The van der Waals surface area contributed by atoms with Gasteiger partial charge in [0.25, 0.3) is 0 Å². The molecule has 2 nitrogen and oxygen atoms in total. The smallest absolute Gasteiger partial charge is 0.0762 e. The zero-order valence-corrected chi connectivity index (χ0v) is 12.3. The summed E-state index contributed by atoms with van der Waals surface area (Å²) in [7, 11) is 0. The fraction of sp³-hybridized carbons (Fsp3) is 0.538. The van der Waals surface area contributed by atoms with Crippen LogP contribution in [0.15, 0.2) is 27.6 Å². The van der Waals surface area contributed by atoms with Crippen molar-refractivity contribution in [3.63, 3.8) is 0 Å². The molecule has 0 amide bonds. The number of ether oxygens (including phenoxy) is 1. The van der Waals surface area contributed by atoms with Crippen LogP contribution in [-0.2, 0) is 4.74 Å². The highest BCUT2D eigenvalue weighted by atomic mass is 79.9. The van der Waals surface area contributed by atoms with E-state index in [4.69, 9.17) is 4.74 Å². The molecule has 2 atom stereocenters. The number of aliphatic hydroxyl groups is 1. The quantitative estimate of drug-likeness (QED) is 0.857. The van der Waals surface area contributed by atoms with E-state index in [1.807, 2.05) is 23.9 Å². The number of rotatable bonds is 4. The molecular weight excluding hydrogens is 300 g/mol. The maximum absolute atomic E-state index is 9.49. The van der Waals surface area contributed by atoms with Gasteiger partial charge in [0.2, 0.25) is 0 Å². The number of aliphatic hydroxyl groups excluding tert-OH is 1. The maximum atomic E-state index is 9.49. The summed E-state index contributed by atoms with van der Waals surface area (Å²) in [5, 5.41) is 9.49. The Kier molecular flexibility index (Phi) is 4.91. The van der Waals surface area contributed by atoms with Gasteiger partial charge < -0.3 is 9.84 Å². The number of benzene rings is 1. The Labute approximate surface area is 115 Å². The van der Waals surface area contributed by atoms with Gasteiger partial charge in [-0.3, -0.25) is 0 Å². The molecule has 0 aliphatic carbocycles. The topological polar surface area (TPSA) is 29.5 Å². The van der Waals surface area contributed by atoms with E-state index in [-0.39, 0.29) is 0 Å². The Morgan fingerprint density at radius 2 is 2.41 bits per heavy atom.